The number of halogens is 4. The Bertz CT molecular complexity index is 1100. The van der Waals surface area contributed by atoms with Crippen molar-refractivity contribution in [1.29, 1.82) is 0 Å². The van der Waals surface area contributed by atoms with E-state index < -0.39 is 12.3 Å². The summed E-state index contributed by atoms with van der Waals surface area (Å²) in [5.74, 6) is -3.92. The van der Waals surface area contributed by atoms with Crippen molar-refractivity contribution in [1.82, 2.24) is 9.78 Å². The third-order valence-corrected chi connectivity index (χ3v) is 6.81. The van der Waals surface area contributed by atoms with E-state index in [0.29, 0.717) is 12.1 Å². The number of benzene rings is 1. The summed E-state index contributed by atoms with van der Waals surface area (Å²) in [5, 5.41) is 4.35. The number of carbonyl (C=O) groups excluding carboxylic acids is 1. The van der Waals surface area contributed by atoms with E-state index in [0.717, 1.165) is 16.9 Å². The Morgan fingerprint density at radius 1 is 1.37 bits per heavy atom. The van der Waals surface area contributed by atoms with Crippen LogP contribution in [0.25, 0.3) is 11.3 Å². The molecule has 0 amide bonds. The maximum absolute atomic E-state index is 14.7. The third kappa shape index (κ3) is 4.04. The maximum Gasteiger partial charge on any atom is 0.284 e. The van der Waals surface area contributed by atoms with E-state index in [1.54, 1.807) is 12.1 Å². The van der Waals surface area contributed by atoms with Gasteiger partial charge in [-0.15, -0.1) is 11.3 Å². The number of nitrogens with two attached hydrogens (primary N) is 1. The highest BCUT2D eigenvalue weighted by Gasteiger charge is 2.40. The number of Topliss-reactive ketones (excluding diaryl/α,β-unsaturated/α-hetero) is 1. The Kier molecular flexibility index (Phi) is 5.74. The quantitative estimate of drug-likeness (QED) is 0.516. The first kappa shape index (κ1) is 21.1. The predicted octanol–water partition coefficient (Wildman–Crippen LogP) is 5.29. The minimum atomic E-state index is -3.07. The van der Waals surface area contributed by atoms with Gasteiger partial charge in [-0.3, -0.25) is 9.48 Å². The van der Waals surface area contributed by atoms with Crippen LogP contribution in [0.3, 0.4) is 0 Å². The van der Waals surface area contributed by atoms with Crippen molar-refractivity contribution < 1.29 is 18.0 Å². The van der Waals surface area contributed by atoms with E-state index in [1.165, 1.54) is 29.1 Å². The molecule has 4 nitrogen and oxygen atoms in total. The van der Waals surface area contributed by atoms with Gasteiger partial charge in [-0.2, -0.15) is 5.10 Å². The highest BCUT2D eigenvalue weighted by Crippen LogP contribution is 2.48. The Morgan fingerprint density at radius 3 is 2.90 bits per heavy atom. The molecular formula is C21H19ClF3N3OS. The molecule has 1 aromatic carbocycles. The number of thiophene rings is 1. The molecule has 2 aromatic heterocycles. The molecule has 0 saturated heterocycles. The van der Waals surface area contributed by atoms with E-state index in [2.05, 4.69) is 5.10 Å². The number of ketones is 1. The zero-order chi connectivity index (χ0) is 21.5. The van der Waals surface area contributed by atoms with Crippen molar-refractivity contribution in [2.75, 3.05) is 6.54 Å². The molecule has 4 rings (SSSR count). The van der Waals surface area contributed by atoms with Crippen LogP contribution < -0.4 is 5.73 Å². The molecule has 1 atom stereocenters. The number of aryl methyl sites for hydroxylation is 1. The summed E-state index contributed by atoms with van der Waals surface area (Å²) in [6.45, 7) is 0.269. The molecule has 0 aliphatic carbocycles. The van der Waals surface area contributed by atoms with Gasteiger partial charge in [0.05, 0.1) is 26.7 Å². The van der Waals surface area contributed by atoms with E-state index in [9.17, 15) is 18.0 Å². The smallest absolute Gasteiger partial charge is 0.284 e. The minimum absolute atomic E-state index is 0.0443. The first-order valence-corrected chi connectivity index (χ1v) is 10.7. The highest BCUT2D eigenvalue weighted by molar-refractivity contribution is 7.14. The second-order valence-electron chi connectivity index (χ2n) is 7.44. The standard InChI is InChI=1S/C21H19ClF3N3OS/c22-16-11-27-28-5-4-21(24,25)20-15(19(16)28)9-18(30-20)17(29)8-13(10-26)6-12-2-1-3-14(23)7-12/h1-3,7,9,11,13H,4-6,8,10,26H2. The van der Waals surface area contributed by atoms with Gasteiger partial charge in [0.1, 0.15) is 5.82 Å². The average Bonchev–Trinajstić information content (AvgIpc) is 3.27. The number of hydrogen-bond acceptors (Lipinski definition) is 4. The molecule has 1 aliphatic heterocycles. The van der Waals surface area contributed by atoms with Crippen LogP contribution in [0.2, 0.25) is 5.02 Å². The van der Waals surface area contributed by atoms with E-state index in [-0.39, 0.29) is 57.4 Å². The van der Waals surface area contributed by atoms with E-state index >= 15 is 0 Å². The van der Waals surface area contributed by atoms with Crippen molar-refractivity contribution in [3.63, 3.8) is 0 Å². The molecule has 3 aromatic rings. The molecule has 0 spiro atoms. The van der Waals surface area contributed by atoms with Gasteiger partial charge < -0.3 is 5.73 Å². The van der Waals surface area contributed by atoms with Crippen molar-refractivity contribution >= 4 is 28.7 Å². The van der Waals surface area contributed by atoms with Gasteiger partial charge in [0.2, 0.25) is 0 Å². The monoisotopic (exact) mass is 453 g/mol. The minimum Gasteiger partial charge on any atom is -0.330 e. The maximum atomic E-state index is 14.7. The number of rotatable bonds is 6. The number of carbonyl (C=O) groups is 1. The molecule has 3 heterocycles. The lowest BCUT2D eigenvalue weighted by atomic mass is 9.93. The summed E-state index contributed by atoms with van der Waals surface area (Å²) < 4.78 is 44.3. The molecule has 0 saturated carbocycles. The number of alkyl halides is 2. The second-order valence-corrected chi connectivity index (χ2v) is 8.89. The summed E-state index contributed by atoms with van der Waals surface area (Å²) in [6.07, 6.45) is 1.53. The van der Waals surface area contributed by atoms with Crippen LogP contribution in [0.1, 0.15) is 33.0 Å². The first-order valence-electron chi connectivity index (χ1n) is 9.50. The fraction of sp³-hybridized carbons (Fsp3) is 0.333. The van der Waals surface area contributed by atoms with Gasteiger partial charge in [0.25, 0.3) is 5.92 Å². The van der Waals surface area contributed by atoms with E-state index in [1.807, 2.05) is 0 Å². The molecule has 30 heavy (non-hydrogen) atoms. The molecule has 2 N–H and O–H groups in total. The molecular weight excluding hydrogens is 435 g/mol. The SMILES string of the molecule is NCC(CC(=O)c1cc2c(s1)C(F)(F)CCn1ncc(Cl)c1-2)Cc1cccc(F)c1. The number of hydrogen-bond donors (Lipinski definition) is 1. The largest absolute Gasteiger partial charge is 0.330 e. The Labute approximate surface area is 180 Å². The number of nitrogens with zero attached hydrogens (tertiary/aromatic N) is 2. The fourth-order valence-electron chi connectivity index (χ4n) is 3.73. The first-order chi connectivity index (χ1) is 14.3. The van der Waals surface area contributed by atoms with Crippen LogP contribution in [-0.4, -0.2) is 22.1 Å². The normalized spacial score (nSPS) is 15.9. The van der Waals surface area contributed by atoms with Crippen molar-refractivity contribution in [3.05, 3.63) is 62.7 Å². The fourth-order valence-corrected chi connectivity index (χ4v) is 5.09. The Hall–Kier alpha value is -2.16. The summed E-state index contributed by atoms with van der Waals surface area (Å²) in [6, 6.07) is 7.61. The number of aromatic nitrogens is 2. The van der Waals surface area contributed by atoms with Gasteiger partial charge in [0.15, 0.2) is 5.78 Å². The molecule has 1 unspecified atom stereocenters. The van der Waals surface area contributed by atoms with Gasteiger partial charge in [0, 0.05) is 24.9 Å². The van der Waals surface area contributed by atoms with Crippen LogP contribution in [0.4, 0.5) is 13.2 Å². The van der Waals surface area contributed by atoms with Crippen molar-refractivity contribution in [2.24, 2.45) is 11.7 Å². The predicted molar refractivity (Wildman–Crippen MR) is 111 cm³/mol. The van der Waals surface area contributed by atoms with E-state index in [4.69, 9.17) is 17.3 Å². The molecule has 0 bridgehead atoms. The second kappa shape index (κ2) is 8.17. The van der Waals surface area contributed by atoms with Crippen molar-refractivity contribution in [2.45, 2.75) is 31.7 Å². The third-order valence-electron chi connectivity index (χ3n) is 5.25. The lowest BCUT2D eigenvalue weighted by molar-refractivity contribution is -0.0122. The summed E-state index contributed by atoms with van der Waals surface area (Å²) >= 11 is 6.99. The van der Waals surface area contributed by atoms with Crippen LogP contribution >= 0.6 is 22.9 Å². The Morgan fingerprint density at radius 2 is 2.17 bits per heavy atom. The summed E-state index contributed by atoms with van der Waals surface area (Å²) in [4.78, 5) is 13.0. The number of fused-ring (bicyclic) bond motifs is 3. The molecule has 158 valence electrons. The van der Waals surface area contributed by atoms with Crippen molar-refractivity contribution in [3.8, 4) is 11.3 Å². The molecule has 9 heteroatoms. The Balaban J connectivity index is 1.61. The lowest BCUT2D eigenvalue weighted by Crippen LogP contribution is -2.20. The van der Waals surface area contributed by atoms with Gasteiger partial charge in [-0.25, -0.2) is 13.2 Å². The van der Waals surface area contributed by atoms with Crippen LogP contribution in [-0.2, 0) is 18.9 Å². The van der Waals surface area contributed by atoms with Crippen LogP contribution in [0, 0.1) is 11.7 Å². The van der Waals surface area contributed by atoms with Crippen LogP contribution in [0.15, 0.2) is 36.5 Å². The molecule has 0 radical (unpaired) electrons. The van der Waals surface area contributed by atoms with Crippen LogP contribution in [0.5, 0.6) is 0 Å². The van der Waals surface area contributed by atoms with Gasteiger partial charge in [-0.05, 0) is 42.6 Å². The zero-order valence-corrected chi connectivity index (χ0v) is 17.4. The van der Waals surface area contributed by atoms with Gasteiger partial charge >= 0.3 is 0 Å². The highest BCUT2D eigenvalue weighted by atomic mass is 35.5. The molecule has 0 fully saturated rings. The van der Waals surface area contributed by atoms with Gasteiger partial charge in [-0.1, -0.05) is 23.7 Å². The topological polar surface area (TPSA) is 60.9 Å². The zero-order valence-electron chi connectivity index (χ0n) is 15.9. The lowest BCUT2D eigenvalue weighted by Gasteiger charge is -2.14. The molecule has 1 aliphatic rings. The average molecular weight is 454 g/mol. The summed E-state index contributed by atoms with van der Waals surface area (Å²) in [7, 11) is 0. The summed E-state index contributed by atoms with van der Waals surface area (Å²) in [5.41, 5.74) is 7.23.